The highest BCUT2D eigenvalue weighted by atomic mass is 16.4. The third-order valence-corrected chi connectivity index (χ3v) is 2.97. The summed E-state index contributed by atoms with van der Waals surface area (Å²) in [5, 5.41) is 20.4. The van der Waals surface area contributed by atoms with Gasteiger partial charge in [-0.25, -0.2) is 4.79 Å². The first kappa shape index (κ1) is 16.1. The van der Waals surface area contributed by atoms with Crippen LogP contribution in [0.3, 0.4) is 0 Å². The molecule has 110 valence electrons. The third-order valence-electron chi connectivity index (χ3n) is 2.97. The second kappa shape index (κ2) is 7.62. The summed E-state index contributed by atoms with van der Waals surface area (Å²) in [6, 6.07) is 7.40. The summed E-state index contributed by atoms with van der Waals surface area (Å²) in [5.41, 5.74) is 6.78. The smallest absolute Gasteiger partial charge is 0.328 e. The van der Waals surface area contributed by atoms with Crippen LogP contribution < -0.4 is 11.1 Å². The van der Waals surface area contributed by atoms with Crippen molar-refractivity contribution in [1.82, 2.24) is 5.32 Å². The molecule has 1 rings (SSSR count). The van der Waals surface area contributed by atoms with Crippen LogP contribution in [0.1, 0.15) is 18.9 Å². The monoisotopic (exact) mass is 280 g/mol. The Morgan fingerprint density at radius 3 is 2.40 bits per heavy atom. The van der Waals surface area contributed by atoms with E-state index in [1.165, 1.54) is 6.92 Å². The molecule has 1 aromatic rings. The van der Waals surface area contributed by atoms with E-state index in [-0.39, 0.29) is 0 Å². The maximum atomic E-state index is 11.8. The standard InChI is InChI=1S/C14H20N2O4/c1-9(17)12(14(19)20)16-13(18)11(15)8-7-10-5-3-2-4-6-10/h2-6,9,11-12,17H,7-8,15H2,1H3,(H,16,18)(H,19,20)/t9-,11?,12+/m1/s1. The number of nitrogens with two attached hydrogens (primary N) is 1. The predicted octanol–water partition coefficient (Wildman–Crippen LogP) is -0.103. The Morgan fingerprint density at radius 2 is 1.90 bits per heavy atom. The van der Waals surface area contributed by atoms with Crippen LogP contribution in [0.4, 0.5) is 0 Å². The number of aliphatic carboxylic acids is 1. The summed E-state index contributed by atoms with van der Waals surface area (Å²) in [5.74, 6) is -1.86. The number of carboxylic acids is 1. The number of hydrogen-bond donors (Lipinski definition) is 4. The SMILES string of the molecule is C[C@@H](O)[C@H](NC(=O)C(N)CCc1ccccc1)C(=O)O. The van der Waals surface area contributed by atoms with Gasteiger partial charge in [-0.3, -0.25) is 4.79 Å². The highest BCUT2D eigenvalue weighted by Crippen LogP contribution is 2.04. The normalized spacial score (nSPS) is 15.2. The molecule has 0 heterocycles. The molecule has 6 nitrogen and oxygen atoms in total. The van der Waals surface area contributed by atoms with Gasteiger partial charge in [0, 0.05) is 0 Å². The molecule has 5 N–H and O–H groups in total. The van der Waals surface area contributed by atoms with Crippen molar-refractivity contribution in [2.75, 3.05) is 0 Å². The number of nitrogens with one attached hydrogen (secondary N) is 1. The topological polar surface area (TPSA) is 113 Å². The first-order valence-corrected chi connectivity index (χ1v) is 6.42. The molecule has 1 amide bonds. The van der Waals surface area contributed by atoms with Gasteiger partial charge in [-0.1, -0.05) is 30.3 Å². The first-order valence-electron chi connectivity index (χ1n) is 6.42. The van der Waals surface area contributed by atoms with Crippen LogP contribution in [0.2, 0.25) is 0 Å². The Kier molecular flexibility index (Phi) is 6.14. The molecule has 0 saturated carbocycles. The van der Waals surface area contributed by atoms with Crippen LogP contribution in [0.25, 0.3) is 0 Å². The molecule has 0 aliphatic rings. The lowest BCUT2D eigenvalue weighted by atomic mass is 10.0. The number of amides is 1. The predicted molar refractivity (Wildman–Crippen MR) is 74.0 cm³/mol. The molecule has 1 unspecified atom stereocenters. The summed E-state index contributed by atoms with van der Waals surface area (Å²) in [7, 11) is 0. The van der Waals surface area contributed by atoms with Crippen molar-refractivity contribution in [3.63, 3.8) is 0 Å². The molecule has 20 heavy (non-hydrogen) atoms. The molecule has 0 aromatic heterocycles. The number of carboxylic acid groups (broad SMARTS) is 1. The van der Waals surface area contributed by atoms with Gasteiger partial charge < -0.3 is 21.3 Å². The Morgan fingerprint density at radius 1 is 1.30 bits per heavy atom. The Labute approximate surface area is 117 Å². The van der Waals surface area contributed by atoms with Crippen LogP contribution in [0.5, 0.6) is 0 Å². The van der Waals surface area contributed by atoms with Crippen LogP contribution in [-0.2, 0) is 16.0 Å². The minimum atomic E-state index is -1.34. The second-order valence-electron chi connectivity index (χ2n) is 4.70. The fraction of sp³-hybridized carbons (Fsp3) is 0.429. The van der Waals surface area contributed by atoms with Gasteiger partial charge >= 0.3 is 5.97 Å². The van der Waals surface area contributed by atoms with E-state index in [0.29, 0.717) is 12.8 Å². The van der Waals surface area contributed by atoms with Gasteiger partial charge in [0.25, 0.3) is 0 Å². The maximum absolute atomic E-state index is 11.8. The van der Waals surface area contributed by atoms with E-state index in [1.54, 1.807) is 0 Å². The van der Waals surface area contributed by atoms with Crippen molar-refractivity contribution >= 4 is 11.9 Å². The van der Waals surface area contributed by atoms with Crippen molar-refractivity contribution < 1.29 is 19.8 Å². The quantitative estimate of drug-likeness (QED) is 0.557. The molecule has 0 spiro atoms. The lowest BCUT2D eigenvalue weighted by Gasteiger charge is -2.19. The summed E-state index contributed by atoms with van der Waals surface area (Å²) in [6.07, 6.45) is -0.151. The van der Waals surface area contributed by atoms with Crippen molar-refractivity contribution in [2.45, 2.75) is 38.0 Å². The molecule has 3 atom stereocenters. The van der Waals surface area contributed by atoms with E-state index >= 15 is 0 Å². The van der Waals surface area contributed by atoms with Crippen LogP contribution in [0.15, 0.2) is 30.3 Å². The van der Waals surface area contributed by atoms with E-state index in [0.717, 1.165) is 5.56 Å². The average Bonchev–Trinajstić information content (AvgIpc) is 2.42. The Hall–Kier alpha value is -1.92. The van der Waals surface area contributed by atoms with Crippen molar-refractivity contribution in [2.24, 2.45) is 5.73 Å². The van der Waals surface area contributed by atoms with Gasteiger partial charge in [-0.15, -0.1) is 0 Å². The maximum Gasteiger partial charge on any atom is 0.328 e. The van der Waals surface area contributed by atoms with Crippen molar-refractivity contribution in [3.8, 4) is 0 Å². The lowest BCUT2D eigenvalue weighted by Crippen LogP contribution is -2.52. The Bertz CT molecular complexity index is 448. The second-order valence-corrected chi connectivity index (χ2v) is 4.70. The molecule has 6 heteroatoms. The molecule has 0 fully saturated rings. The fourth-order valence-corrected chi connectivity index (χ4v) is 1.75. The zero-order valence-electron chi connectivity index (χ0n) is 11.3. The summed E-state index contributed by atoms with van der Waals surface area (Å²) < 4.78 is 0. The zero-order chi connectivity index (χ0) is 15.1. The van der Waals surface area contributed by atoms with E-state index in [2.05, 4.69) is 5.32 Å². The highest BCUT2D eigenvalue weighted by Gasteiger charge is 2.26. The third kappa shape index (κ3) is 4.99. The number of aliphatic hydroxyl groups excluding tert-OH is 1. The van der Waals surface area contributed by atoms with Crippen LogP contribution in [0, 0.1) is 0 Å². The van der Waals surface area contributed by atoms with Crippen LogP contribution >= 0.6 is 0 Å². The molecule has 1 aromatic carbocycles. The number of rotatable bonds is 7. The van der Waals surface area contributed by atoms with Crippen molar-refractivity contribution in [1.29, 1.82) is 0 Å². The minimum Gasteiger partial charge on any atom is -0.480 e. The number of aliphatic hydroxyl groups is 1. The number of carbonyl (C=O) groups excluding carboxylic acids is 1. The van der Waals surface area contributed by atoms with Gasteiger partial charge in [0.05, 0.1) is 12.1 Å². The number of benzene rings is 1. The Balaban J connectivity index is 2.48. The van der Waals surface area contributed by atoms with Gasteiger partial charge in [0.1, 0.15) is 0 Å². The van der Waals surface area contributed by atoms with Gasteiger partial charge in [-0.05, 0) is 25.3 Å². The van der Waals surface area contributed by atoms with Crippen LogP contribution in [-0.4, -0.2) is 40.3 Å². The number of aryl methyl sites for hydroxylation is 1. The highest BCUT2D eigenvalue weighted by molar-refractivity contribution is 5.87. The fourth-order valence-electron chi connectivity index (χ4n) is 1.75. The molecular formula is C14H20N2O4. The molecule has 0 aliphatic heterocycles. The van der Waals surface area contributed by atoms with E-state index in [9.17, 15) is 14.7 Å². The van der Waals surface area contributed by atoms with Gasteiger partial charge in [0.2, 0.25) is 5.91 Å². The van der Waals surface area contributed by atoms with Gasteiger partial charge in [-0.2, -0.15) is 0 Å². The van der Waals surface area contributed by atoms with E-state index in [1.807, 2.05) is 30.3 Å². The molecule has 0 saturated heterocycles. The van der Waals surface area contributed by atoms with Crippen molar-refractivity contribution in [3.05, 3.63) is 35.9 Å². The number of hydrogen-bond acceptors (Lipinski definition) is 4. The van der Waals surface area contributed by atoms with E-state index in [4.69, 9.17) is 10.8 Å². The largest absolute Gasteiger partial charge is 0.480 e. The summed E-state index contributed by atoms with van der Waals surface area (Å²) >= 11 is 0. The molecule has 0 bridgehead atoms. The molecular weight excluding hydrogens is 260 g/mol. The summed E-state index contributed by atoms with van der Waals surface area (Å²) in [6.45, 7) is 1.30. The average molecular weight is 280 g/mol. The molecule has 0 aliphatic carbocycles. The lowest BCUT2D eigenvalue weighted by molar-refractivity contribution is -0.145. The van der Waals surface area contributed by atoms with E-state index < -0.39 is 30.1 Å². The first-order chi connectivity index (χ1) is 9.41. The number of carbonyl (C=O) groups is 2. The van der Waals surface area contributed by atoms with Gasteiger partial charge in [0.15, 0.2) is 6.04 Å². The molecule has 0 radical (unpaired) electrons. The minimum absolute atomic E-state index is 0.405. The zero-order valence-corrected chi connectivity index (χ0v) is 11.3. The summed E-state index contributed by atoms with van der Waals surface area (Å²) in [4.78, 5) is 22.6.